The van der Waals surface area contributed by atoms with Gasteiger partial charge >= 0.3 is 32.1 Å². The summed E-state index contributed by atoms with van der Waals surface area (Å²) in [5, 5.41) is 0. The van der Waals surface area contributed by atoms with E-state index in [4.69, 9.17) is 19.2 Å². The molecule has 52 valence electrons. The van der Waals surface area contributed by atoms with Gasteiger partial charge in [-0.2, -0.15) is 0 Å². The topological polar surface area (TPSA) is 112 Å². The Kier molecular flexibility index (Phi) is 42.9. The van der Waals surface area contributed by atoms with Crippen LogP contribution < -0.4 is 0 Å². The normalized spacial score (nSPS) is 6.67. The molecule has 0 fully saturated rings. The molecular weight excluding hydrogens is 225 g/mol. The molecule has 9 heteroatoms. The van der Waals surface area contributed by atoms with Crippen molar-refractivity contribution in [3.8, 4) is 0 Å². The molecule has 0 bridgehead atoms. The van der Waals surface area contributed by atoms with Crippen LogP contribution >= 0.6 is 0 Å². The minimum Gasteiger partial charge on any atom is -0.412 e. The van der Waals surface area contributed by atoms with Gasteiger partial charge in [0.25, 0.3) is 0 Å². The van der Waals surface area contributed by atoms with Crippen LogP contribution in [0.15, 0.2) is 0 Å². The summed E-state index contributed by atoms with van der Waals surface area (Å²) in [7, 11) is -4.61. The quantitative estimate of drug-likeness (QED) is 0.314. The fraction of sp³-hybridized carbons (Fsp3) is 0. The molecule has 0 radical (unpaired) electrons. The molecular formula is H11AlMgO5SiZn. The van der Waals surface area contributed by atoms with Gasteiger partial charge in [-0.3, -0.25) is 0 Å². The van der Waals surface area contributed by atoms with Crippen molar-refractivity contribution in [2.75, 3.05) is 0 Å². The zero-order valence-electron chi connectivity index (χ0n) is 3.50. The first kappa shape index (κ1) is 30.6. The standard InChI is InChI=1S/Al.Mg.H4O4Si.H2O.Zn.5H/c;;1-5(2,3)4;;;;;;;/h;;1-4H;1H2;;;;;;. The molecule has 0 amide bonds. The maximum atomic E-state index is 7.33. The summed E-state index contributed by atoms with van der Waals surface area (Å²) in [6, 6.07) is 0. The van der Waals surface area contributed by atoms with E-state index in [1.165, 1.54) is 0 Å². The smallest absolute Gasteiger partial charge is 0.412 e. The van der Waals surface area contributed by atoms with Crippen LogP contribution in [-0.2, 0) is 19.5 Å². The monoisotopic (exact) mass is 234 g/mol. The van der Waals surface area contributed by atoms with Crippen molar-refractivity contribution in [1.82, 2.24) is 0 Å². The van der Waals surface area contributed by atoms with Crippen molar-refractivity contribution >= 4 is 49.5 Å². The third kappa shape index (κ3) is 167. The van der Waals surface area contributed by atoms with Crippen LogP contribution in [0.1, 0.15) is 0 Å². The van der Waals surface area contributed by atoms with E-state index in [1.54, 1.807) is 0 Å². The molecule has 0 rings (SSSR count). The van der Waals surface area contributed by atoms with Gasteiger partial charge in [-0.05, 0) is 0 Å². The van der Waals surface area contributed by atoms with Gasteiger partial charge in [-0.25, -0.2) is 0 Å². The van der Waals surface area contributed by atoms with Gasteiger partial charge in [0.1, 0.15) is 0 Å². The van der Waals surface area contributed by atoms with E-state index < -0.39 is 9.05 Å². The Balaban J connectivity index is -0.0000000133. The van der Waals surface area contributed by atoms with Gasteiger partial charge < -0.3 is 24.7 Å². The van der Waals surface area contributed by atoms with Crippen LogP contribution in [0.4, 0.5) is 0 Å². The predicted molar refractivity (Wildman–Crippen MR) is 36.7 cm³/mol. The Labute approximate surface area is 92.9 Å². The van der Waals surface area contributed by atoms with Crippen LogP contribution in [0, 0.1) is 0 Å². The zero-order chi connectivity index (χ0) is 4.50. The van der Waals surface area contributed by atoms with E-state index in [-0.39, 0.29) is 65.4 Å². The first-order valence-electron chi connectivity index (χ1n) is 0.894. The van der Waals surface area contributed by atoms with Gasteiger partial charge in [-0.15, -0.1) is 0 Å². The Morgan fingerprint density at radius 3 is 0.889 bits per heavy atom. The molecule has 0 aliphatic heterocycles. The molecule has 0 atom stereocenters. The molecule has 0 unspecified atom stereocenters. The molecule has 9 heavy (non-hydrogen) atoms. The van der Waals surface area contributed by atoms with E-state index in [0.717, 1.165) is 0 Å². The van der Waals surface area contributed by atoms with Crippen LogP contribution in [0.3, 0.4) is 0 Å². The fourth-order valence-corrected chi connectivity index (χ4v) is 0. The molecule has 0 aromatic rings. The Morgan fingerprint density at radius 1 is 0.889 bits per heavy atom. The average molecular weight is 236 g/mol. The van der Waals surface area contributed by atoms with Gasteiger partial charge in [0, 0.05) is 19.5 Å². The van der Waals surface area contributed by atoms with Crippen molar-refractivity contribution in [3.05, 3.63) is 0 Å². The summed E-state index contributed by atoms with van der Waals surface area (Å²) in [5.41, 5.74) is 0. The van der Waals surface area contributed by atoms with E-state index in [1.807, 2.05) is 0 Å². The molecule has 6 N–H and O–H groups in total. The summed E-state index contributed by atoms with van der Waals surface area (Å²) in [6.07, 6.45) is 0. The second kappa shape index (κ2) is 12.6. The summed E-state index contributed by atoms with van der Waals surface area (Å²) >= 11 is 0. The van der Waals surface area contributed by atoms with E-state index in [0.29, 0.717) is 0 Å². The summed E-state index contributed by atoms with van der Waals surface area (Å²) in [4.78, 5) is 29.3. The first-order valence-corrected chi connectivity index (χ1v) is 2.68. The van der Waals surface area contributed by atoms with Crippen molar-refractivity contribution < 1.29 is 44.1 Å². The SMILES string of the molecule is O.O[Si](O)(O)O.[AlH3].[MgH2].[Zn]. The maximum Gasteiger partial charge on any atom is 0.668 e. The Bertz CT molecular complexity index is 32.4. The second-order valence-corrected chi connectivity index (χ2v) is 1.80. The van der Waals surface area contributed by atoms with Crippen molar-refractivity contribution in [1.29, 1.82) is 0 Å². The van der Waals surface area contributed by atoms with Crippen molar-refractivity contribution in [3.63, 3.8) is 0 Å². The summed E-state index contributed by atoms with van der Waals surface area (Å²) < 4.78 is 0. The Hall–Kier alpha value is 1.94. The second-order valence-electron chi connectivity index (χ2n) is 0.600. The number of rotatable bonds is 0. The molecule has 0 spiro atoms. The molecule has 0 aliphatic carbocycles. The fourth-order valence-electron chi connectivity index (χ4n) is 0. The van der Waals surface area contributed by atoms with Crippen LogP contribution in [0.2, 0.25) is 0 Å². The number of hydrogen-bond acceptors (Lipinski definition) is 4. The van der Waals surface area contributed by atoms with Crippen molar-refractivity contribution in [2.24, 2.45) is 0 Å². The molecule has 0 saturated carbocycles. The van der Waals surface area contributed by atoms with Gasteiger partial charge in [0.05, 0.1) is 0 Å². The minimum absolute atomic E-state index is 0. The van der Waals surface area contributed by atoms with Crippen LogP contribution in [0.25, 0.3) is 0 Å². The summed E-state index contributed by atoms with van der Waals surface area (Å²) in [5.74, 6) is 0. The van der Waals surface area contributed by atoms with Crippen LogP contribution in [-0.4, -0.2) is 74.1 Å². The number of hydrogen-bond donors (Lipinski definition) is 4. The molecule has 0 saturated heterocycles. The Morgan fingerprint density at radius 2 is 0.889 bits per heavy atom. The van der Waals surface area contributed by atoms with Crippen LogP contribution in [0.5, 0.6) is 0 Å². The molecule has 0 aromatic carbocycles. The van der Waals surface area contributed by atoms with Gasteiger partial charge in [-0.1, -0.05) is 0 Å². The maximum absolute atomic E-state index is 7.33. The van der Waals surface area contributed by atoms with E-state index in [2.05, 4.69) is 0 Å². The van der Waals surface area contributed by atoms with E-state index >= 15 is 0 Å². The van der Waals surface area contributed by atoms with Gasteiger partial charge in [0.15, 0.2) is 17.4 Å². The average Bonchev–Trinajstić information content (AvgIpc) is 0.722. The largest absolute Gasteiger partial charge is 0.668 e. The molecule has 0 aliphatic rings. The third-order valence-electron chi connectivity index (χ3n) is 0. The van der Waals surface area contributed by atoms with Gasteiger partial charge in [0.2, 0.25) is 0 Å². The molecule has 0 aromatic heterocycles. The van der Waals surface area contributed by atoms with Crippen molar-refractivity contribution in [2.45, 2.75) is 0 Å². The zero-order valence-corrected chi connectivity index (χ0v) is 7.46. The third-order valence-corrected chi connectivity index (χ3v) is 0. The predicted octanol–water partition coefficient (Wildman–Crippen LogP) is -5.54. The van der Waals surface area contributed by atoms with E-state index in [9.17, 15) is 0 Å². The minimum atomic E-state index is -4.61. The first-order chi connectivity index (χ1) is 2.00. The molecule has 0 heterocycles. The molecule has 5 nitrogen and oxygen atoms in total. The summed E-state index contributed by atoms with van der Waals surface area (Å²) in [6.45, 7) is 0.